The number of fused-ring (bicyclic) bond motifs is 1. The maximum atomic E-state index is 12.1. The maximum Gasteiger partial charge on any atom is 0.410 e. The summed E-state index contributed by atoms with van der Waals surface area (Å²) in [6, 6.07) is -0.115. The highest BCUT2D eigenvalue weighted by atomic mass is 16.6. The fourth-order valence-corrected chi connectivity index (χ4v) is 3.04. The molecule has 0 aromatic rings. The van der Waals surface area contributed by atoms with Gasteiger partial charge in [0.25, 0.3) is 0 Å². The van der Waals surface area contributed by atoms with Crippen LogP contribution in [0.3, 0.4) is 0 Å². The fourth-order valence-electron chi connectivity index (χ4n) is 3.04. The Labute approximate surface area is 136 Å². The zero-order valence-electron chi connectivity index (χ0n) is 14.2. The molecule has 1 saturated carbocycles. The largest absolute Gasteiger partial charge is 0.466 e. The standard InChI is InChI=1S/C16H25NO6/c1-10(18)21-6-5-7-22-14(19)13-11-8-12(13)17(9-11)15(20)23-16(2,3)4/h11-13H,5-9H2,1-4H3. The molecule has 2 bridgehead atoms. The van der Waals surface area contributed by atoms with Gasteiger partial charge in [-0.25, -0.2) is 4.79 Å². The third-order valence-electron chi connectivity index (χ3n) is 4.04. The normalized spacial score (nSPS) is 25.6. The molecule has 0 radical (unpaired) electrons. The van der Waals surface area contributed by atoms with Crippen LogP contribution in [-0.2, 0) is 23.8 Å². The number of nitrogens with zero attached hydrogens (tertiary/aromatic N) is 1. The first kappa shape index (κ1) is 17.6. The lowest BCUT2D eigenvalue weighted by atomic mass is 9.74. The number of carbonyl (C=O) groups is 3. The molecule has 3 atom stereocenters. The molecule has 1 aliphatic carbocycles. The topological polar surface area (TPSA) is 82.1 Å². The van der Waals surface area contributed by atoms with Crippen molar-refractivity contribution in [2.75, 3.05) is 19.8 Å². The molecule has 2 saturated heterocycles. The summed E-state index contributed by atoms with van der Waals surface area (Å²) in [4.78, 5) is 36.5. The summed E-state index contributed by atoms with van der Waals surface area (Å²) in [6.07, 6.45) is 0.936. The van der Waals surface area contributed by atoms with Crippen LogP contribution in [0.2, 0.25) is 0 Å². The minimum absolute atomic E-state index is 0.115. The summed E-state index contributed by atoms with van der Waals surface area (Å²) >= 11 is 0. The molecule has 3 rings (SSSR count). The van der Waals surface area contributed by atoms with Gasteiger partial charge in [-0.15, -0.1) is 0 Å². The lowest BCUT2D eigenvalue weighted by molar-refractivity contribution is -0.154. The molecular formula is C16H25NO6. The Morgan fingerprint density at radius 2 is 1.78 bits per heavy atom. The molecule has 0 aromatic heterocycles. The van der Waals surface area contributed by atoms with Gasteiger partial charge in [-0.2, -0.15) is 0 Å². The Morgan fingerprint density at radius 3 is 2.39 bits per heavy atom. The first-order valence-electron chi connectivity index (χ1n) is 7.98. The SMILES string of the molecule is CC(=O)OCCCOC(=O)C1C2CC1N(C(=O)OC(C)(C)C)C2. The smallest absolute Gasteiger partial charge is 0.410 e. The second-order valence-electron chi connectivity index (χ2n) is 7.08. The molecule has 2 heterocycles. The van der Waals surface area contributed by atoms with Crippen LogP contribution >= 0.6 is 0 Å². The molecule has 23 heavy (non-hydrogen) atoms. The number of amides is 1. The van der Waals surface area contributed by atoms with Gasteiger partial charge in [0, 0.05) is 25.9 Å². The predicted octanol–water partition coefficient (Wildman–Crippen LogP) is 1.74. The number of hydrogen-bond donors (Lipinski definition) is 0. The van der Waals surface area contributed by atoms with E-state index in [2.05, 4.69) is 0 Å². The minimum Gasteiger partial charge on any atom is -0.466 e. The Kier molecular flexibility index (Phi) is 5.16. The second kappa shape index (κ2) is 6.76. The van der Waals surface area contributed by atoms with Crippen LogP contribution in [0.1, 0.15) is 40.5 Å². The zero-order valence-corrected chi connectivity index (χ0v) is 14.2. The highest BCUT2D eigenvalue weighted by Gasteiger charge is 2.58. The number of esters is 2. The molecule has 0 spiro atoms. The highest BCUT2D eigenvalue weighted by Crippen LogP contribution is 2.47. The summed E-state index contributed by atoms with van der Waals surface area (Å²) in [5.41, 5.74) is -0.545. The van der Waals surface area contributed by atoms with Crippen molar-refractivity contribution < 1.29 is 28.6 Å². The van der Waals surface area contributed by atoms with E-state index in [-0.39, 0.29) is 49.1 Å². The monoisotopic (exact) mass is 327 g/mol. The molecular weight excluding hydrogens is 302 g/mol. The lowest BCUT2D eigenvalue weighted by Gasteiger charge is -2.34. The van der Waals surface area contributed by atoms with Crippen LogP contribution in [0.15, 0.2) is 0 Å². The van der Waals surface area contributed by atoms with Crippen LogP contribution in [0.5, 0.6) is 0 Å². The quantitative estimate of drug-likeness (QED) is 0.434. The Balaban J connectivity index is 1.75. The summed E-state index contributed by atoms with van der Waals surface area (Å²) in [5.74, 6) is -0.716. The molecule has 130 valence electrons. The van der Waals surface area contributed by atoms with Gasteiger partial charge in [0.15, 0.2) is 0 Å². The number of rotatable bonds is 5. The van der Waals surface area contributed by atoms with E-state index in [9.17, 15) is 14.4 Å². The van der Waals surface area contributed by atoms with Gasteiger partial charge in [0.2, 0.25) is 0 Å². The first-order chi connectivity index (χ1) is 10.7. The average molecular weight is 327 g/mol. The van der Waals surface area contributed by atoms with Crippen LogP contribution in [0.4, 0.5) is 4.79 Å². The molecule has 2 aliphatic heterocycles. The van der Waals surface area contributed by atoms with E-state index < -0.39 is 5.60 Å². The van der Waals surface area contributed by atoms with E-state index in [0.29, 0.717) is 13.0 Å². The van der Waals surface area contributed by atoms with E-state index >= 15 is 0 Å². The minimum atomic E-state index is -0.545. The molecule has 1 amide bonds. The summed E-state index contributed by atoms with van der Waals surface area (Å²) < 4.78 is 15.4. The molecule has 3 unspecified atom stereocenters. The van der Waals surface area contributed by atoms with Crippen molar-refractivity contribution in [3.8, 4) is 0 Å². The van der Waals surface area contributed by atoms with E-state index in [1.807, 2.05) is 20.8 Å². The van der Waals surface area contributed by atoms with E-state index in [4.69, 9.17) is 14.2 Å². The van der Waals surface area contributed by atoms with Crippen LogP contribution < -0.4 is 0 Å². The van der Waals surface area contributed by atoms with Crippen molar-refractivity contribution in [1.82, 2.24) is 4.90 Å². The Hall–Kier alpha value is -1.79. The molecule has 7 nitrogen and oxygen atoms in total. The van der Waals surface area contributed by atoms with Gasteiger partial charge >= 0.3 is 18.0 Å². The second-order valence-corrected chi connectivity index (χ2v) is 7.08. The van der Waals surface area contributed by atoms with Crippen LogP contribution in [-0.4, -0.2) is 54.3 Å². The fraction of sp³-hybridized carbons (Fsp3) is 0.812. The summed E-state index contributed by atoms with van der Waals surface area (Å²) in [6.45, 7) is 7.80. The van der Waals surface area contributed by atoms with E-state index in [1.165, 1.54) is 6.92 Å². The highest BCUT2D eigenvalue weighted by molar-refractivity contribution is 5.79. The van der Waals surface area contributed by atoms with Gasteiger partial charge in [0.1, 0.15) is 5.60 Å². The first-order valence-corrected chi connectivity index (χ1v) is 7.98. The third kappa shape index (κ3) is 4.36. The Bertz CT molecular complexity index is 483. The summed E-state index contributed by atoms with van der Waals surface area (Å²) in [7, 11) is 0. The predicted molar refractivity (Wildman–Crippen MR) is 80.5 cm³/mol. The van der Waals surface area contributed by atoms with Crippen molar-refractivity contribution in [3.05, 3.63) is 0 Å². The van der Waals surface area contributed by atoms with Crippen molar-refractivity contribution in [1.29, 1.82) is 0 Å². The maximum absolute atomic E-state index is 12.1. The molecule has 3 aliphatic rings. The Morgan fingerprint density at radius 1 is 1.13 bits per heavy atom. The van der Waals surface area contributed by atoms with E-state index in [1.54, 1.807) is 4.90 Å². The molecule has 0 aromatic carbocycles. The van der Waals surface area contributed by atoms with Crippen LogP contribution in [0.25, 0.3) is 0 Å². The number of ether oxygens (including phenoxy) is 3. The average Bonchev–Trinajstić information content (AvgIpc) is 2.94. The summed E-state index contributed by atoms with van der Waals surface area (Å²) in [5, 5.41) is 0. The van der Waals surface area contributed by atoms with Crippen molar-refractivity contribution in [2.45, 2.75) is 52.2 Å². The van der Waals surface area contributed by atoms with Crippen molar-refractivity contribution in [2.24, 2.45) is 11.8 Å². The van der Waals surface area contributed by atoms with Crippen molar-refractivity contribution >= 4 is 18.0 Å². The molecule has 3 fully saturated rings. The van der Waals surface area contributed by atoms with E-state index in [0.717, 1.165) is 6.42 Å². The van der Waals surface area contributed by atoms with Gasteiger partial charge in [-0.1, -0.05) is 0 Å². The lowest BCUT2D eigenvalue weighted by Crippen LogP contribution is -2.47. The molecule has 0 N–H and O–H groups in total. The van der Waals surface area contributed by atoms with Crippen molar-refractivity contribution in [3.63, 3.8) is 0 Å². The van der Waals surface area contributed by atoms with Crippen LogP contribution in [0, 0.1) is 11.8 Å². The zero-order chi connectivity index (χ0) is 17.2. The molecule has 7 heteroatoms. The van der Waals surface area contributed by atoms with Gasteiger partial charge in [0.05, 0.1) is 19.1 Å². The van der Waals surface area contributed by atoms with Gasteiger partial charge in [-0.05, 0) is 33.1 Å². The van der Waals surface area contributed by atoms with Gasteiger partial charge in [-0.3, -0.25) is 9.59 Å². The number of carbonyl (C=O) groups excluding carboxylic acids is 3. The third-order valence-corrected chi connectivity index (χ3v) is 4.04. The van der Waals surface area contributed by atoms with Gasteiger partial charge < -0.3 is 19.1 Å². The number of hydrogen-bond acceptors (Lipinski definition) is 6.